The van der Waals surface area contributed by atoms with Crippen molar-refractivity contribution in [3.8, 4) is 0 Å². The first-order valence-corrected chi connectivity index (χ1v) is 9.42. The monoisotopic (exact) mass is 347 g/mol. The smallest absolute Gasteiger partial charge is 0.258 e. The van der Waals surface area contributed by atoms with Gasteiger partial charge in [-0.05, 0) is 36.8 Å². The number of anilines is 2. The van der Waals surface area contributed by atoms with Gasteiger partial charge < -0.3 is 14.7 Å². The summed E-state index contributed by atoms with van der Waals surface area (Å²) in [6, 6.07) is 2.30. The quantitative estimate of drug-likeness (QED) is 0.724. The lowest BCUT2D eigenvalue weighted by atomic mass is 9.87. The molecule has 0 aliphatic rings. The van der Waals surface area contributed by atoms with Crippen molar-refractivity contribution < 1.29 is 4.79 Å². The minimum absolute atomic E-state index is 0.127. The van der Waals surface area contributed by atoms with E-state index in [1.165, 1.54) is 11.1 Å². The molecular weight excluding hydrogens is 310 g/mol. The van der Waals surface area contributed by atoms with Crippen LogP contribution in [0.1, 0.15) is 74.9 Å². The molecule has 1 rings (SSSR count). The first kappa shape index (κ1) is 21.3. The molecule has 0 heterocycles. The van der Waals surface area contributed by atoms with E-state index in [2.05, 4.69) is 43.6 Å². The predicted molar refractivity (Wildman–Crippen MR) is 111 cm³/mol. The minimum atomic E-state index is 0.127. The molecule has 0 radical (unpaired) electrons. The highest BCUT2D eigenvalue weighted by molar-refractivity contribution is 6.07. The molecule has 0 fully saturated rings. The van der Waals surface area contributed by atoms with E-state index in [-0.39, 0.29) is 5.91 Å². The molecule has 0 unspecified atom stereocenters. The van der Waals surface area contributed by atoms with Gasteiger partial charge in [-0.1, -0.05) is 33.8 Å². The van der Waals surface area contributed by atoms with Crippen molar-refractivity contribution in [2.24, 2.45) is 0 Å². The van der Waals surface area contributed by atoms with Crippen LogP contribution in [0.15, 0.2) is 6.07 Å². The van der Waals surface area contributed by atoms with Crippen LogP contribution in [0.3, 0.4) is 0 Å². The number of hydrogen-bond acceptors (Lipinski definition) is 3. The molecule has 1 aromatic rings. The van der Waals surface area contributed by atoms with E-state index in [4.69, 9.17) is 0 Å². The topological polar surface area (TPSA) is 26.8 Å². The number of benzene rings is 1. The summed E-state index contributed by atoms with van der Waals surface area (Å²) >= 11 is 0. The summed E-state index contributed by atoms with van der Waals surface area (Å²) in [5, 5.41) is 0. The Balaban J connectivity index is 3.98. The van der Waals surface area contributed by atoms with E-state index >= 15 is 0 Å². The maximum atomic E-state index is 13.5. The summed E-state index contributed by atoms with van der Waals surface area (Å²) in [7, 11) is 8.15. The Morgan fingerprint density at radius 1 is 0.840 bits per heavy atom. The highest BCUT2D eigenvalue weighted by atomic mass is 16.2. The molecule has 0 spiro atoms. The predicted octanol–water partition coefficient (Wildman–Crippen LogP) is 4.55. The van der Waals surface area contributed by atoms with E-state index in [1.54, 1.807) is 0 Å². The molecule has 0 saturated heterocycles. The molecule has 0 aliphatic carbocycles. The van der Waals surface area contributed by atoms with E-state index < -0.39 is 0 Å². The number of carbonyl (C=O) groups excluding carboxylic acids is 1. The zero-order chi connectivity index (χ0) is 19.5. The first-order chi connectivity index (χ1) is 11.6. The van der Waals surface area contributed by atoms with E-state index in [0.29, 0.717) is 11.8 Å². The highest BCUT2D eigenvalue weighted by Crippen LogP contribution is 2.42. The number of carbonyl (C=O) groups is 1. The van der Waals surface area contributed by atoms with E-state index in [1.807, 2.05) is 46.9 Å². The number of rotatable bonds is 7. The molecule has 4 nitrogen and oxygen atoms in total. The van der Waals surface area contributed by atoms with Crippen LogP contribution >= 0.6 is 0 Å². The van der Waals surface area contributed by atoms with Gasteiger partial charge in [-0.25, -0.2) is 0 Å². The van der Waals surface area contributed by atoms with Gasteiger partial charge in [0.05, 0.1) is 16.9 Å². The number of amides is 1. The normalized spacial score (nSPS) is 11.2. The van der Waals surface area contributed by atoms with Gasteiger partial charge >= 0.3 is 0 Å². The second-order valence-electron chi connectivity index (χ2n) is 7.70. The van der Waals surface area contributed by atoms with Crippen LogP contribution in [0.2, 0.25) is 0 Å². The van der Waals surface area contributed by atoms with Gasteiger partial charge in [0, 0.05) is 41.3 Å². The van der Waals surface area contributed by atoms with Crippen molar-refractivity contribution in [2.45, 2.75) is 53.4 Å². The van der Waals surface area contributed by atoms with Crippen LogP contribution in [0.25, 0.3) is 0 Å². The van der Waals surface area contributed by atoms with Gasteiger partial charge in [0.25, 0.3) is 5.91 Å². The molecular formula is C21H37N3O. The zero-order valence-electron chi connectivity index (χ0n) is 17.9. The van der Waals surface area contributed by atoms with Crippen LogP contribution in [0.5, 0.6) is 0 Å². The molecule has 0 saturated carbocycles. The Morgan fingerprint density at radius 3 is 1.44 bits per heavy atom. The van der Waals surface area contributed by atoms with Crippen molar-refractivity contribution in [2.75, 3.05) is 51.1 Å². The molecule has 1 aromatic carbocycles. The summed E-state index contributed by atoms with van der Waals surface area (Å²) in [4.78, 5) is 19.6. The van der Waals surface area contributed by atoms with Gasteiger partial charge in [-0.2, -0.15) is 0 Å². The van der Waals surface area contributed by atoms with Crippen molar-refractivity contribution in [3.63, 3.8) is 0 Å². The maximum Gasteiger partial charge on any atom is 0.258 e. The van der Waals surface area contributed by atoms with Crippen LogP contribution in [-0.2, 0) is 0 Å². The van der Waals surface area contributed by atoms with E-state index in [9.17, 15) is 4.79 Å². The largest absolute Gasteiger partial charge is 0.377 e. The lowest BCUT2D eigenvalue weighted by Crippen LogP contribution is -2.34. The Hall–Kier alpha value is -1.71. The maximum absolute atomic E-state index is 13.5. The SMILES string of the molecule is CCN(CC)C(=O)c1c(N(C)C)c(C(C)C)cc(C(C)C)c1N(C)C. The summed E-state index contributed by atoms with van der Waals surface area (Å²) in [5.74, 6) is 0.838. The number of nitrogens with zero attached hydrogens (tertiary/aromatic N) is 3. The molecule has 0 aromatic heterocycles. The van der Waals surface area contributed by atoms with Gasteiger partial charge in [0.15, 0.2) is 0 Å². The van der Waals surface area contributed by atoms with Crippen LogP contribution < -0.4 is 9.80 Å². The zero-order valence-corrected chi connectivity index (χ0v) is 17.9. The van der Waals surface area contributed by atoms with Crippen LogP contribution in [0, 0.1) is 0 Å². The summed E-state index contributed by atoms with van der Waals surface area (Å²) in [5.41, 5.74) is 5.44. The second-order valence-corrected chi connectivity index (χ2v) is 7.70. The standard InChI is InChI=1S/C21H37N3O/c1-11-24(12-2)21(25)18-19(22(7)8)16(14(3)4)13-17(15(5)6)20(18)23(9)10/h13-15H,11-12H2,1-10H3. The van der Waals surface area contributed by atoms with Crippen molar-refractivity contribution in [1.29, 1.82) is 0 Å². The molecule has 0 bridgehead atoms. The third kappa shape index (κ3) is 4.28. The van der Waals surface area contributed by atoms with Gasteiger partial charge in [-0.3, -0.25) is 4.79 Å². The lowest BCUT2D eigenvalue weighted by molar-refractivity contribution is 0.0774. The number of hydrogen-bond donors (Lipinski definition) is 0. The fourth-order valence-electron chi connectivity index (χ4n) is 3.42. The average molecular weight is 348 g/mol. The second kappa shape index (κ2) is 8.59. The Kier molecular flexibility index (Phi) is 7.33. The fraction of sp³-hybridized carbons (Fsp3) is 0.667. The minimum Gasteiger partial charge on any atom is -0.377 e. The van der Waals surface area contributed by atoms with Crippen molar-refractivity contribution >= 4 is 17.3 Å². The van der Waals surface area contributed by atoms with Crippen molar-refractivity contribution in [1.82, 2.24) is 4.90 Å². The van der Waals surface area contributed by atoms with Crippen LogP contribution in [0.4, 0.5) is 11.4 Å². The first-order valence-electron chi connectivity index (χ1n) is 9.42. The molecule has 142 valence electrons. The third-order valence-electron chi connectivity index (χ3n) is 4.73. The molecule has 1 amide bonds. The van der Waals surface area contributed by atoms with Crippen LogP contribution in [-0.4, -0.2) is 52.1 Å². The van der Waals surface area contributed by atoms with Gasteiger partial charge in [0.1, 0.15) is 0 Å². The lowest BCUT2D eigenvalue weighted by Gasteiger charge is -2.33. The molecule has 25 heavy (non-hydrogen) atoms. The van der Waals surface area contributed by atoms with E-state index in [0.717, 1.165) is 30.0 Å². The molecule has 4 heteroatoms. The van der Waals surface area contributed by atoms with Gasteiger partial charge in [-0.15, -0.1) is 0 Å². The highest BCUT2D eigenvalue weighted by Gasteiger charge is 2.29. The summed E-state index contributed by atoms with van der Waals surface area (Å²) < 4.78 is 0. The molecule has 0 atom stereocenters. The molecule has 0 aliphatic heterocycles. The Labute approximate surface area is 154 Å². The Morgan fingerprint density at radius 2 is 1.20 bits per heavy atom. The third-order valence-corrected chi connectivity index (χ3v) is 4.73. The summed E-state index contributed by atoms with van der Waals surface area (Å²) in [6.45, 7) is 14.3. The Bertz CT molecular complexity index is 561. The fourth-order valence-corrected chi connectivity index (χ4v) is 3.42. The summed E-state index contributed by atoms with van der Waals surface area (Å²) in [6.07, 6.45) is 0. The average Bonchev–Trinajstić information content (AvgIpc) is 2.52. The van der Waals surface area contributed by atoms with Crippen molar-refractivity contribution in [3.05, 3.63) is 22.8 Å². The van der Waals surface area contributed by atoms with Gasteiger partial charge in [0.2, 0.25) is 0 Å². The molecule has 0 N–H and O–H groups in total.